The van der Waals surface area contributed by atoms with Crippen LogP contribution in [0.5, 0.6) is 5.75 Å². The molecule has 2 heterocycles. The Morgan fingerprint density at radius 2 is 2.03 bits per heavy atom. The maximum atomic E-state index is 12.4. The Hall–Kier alpha value is -3.45. The van der Waals surface area contributed by atoms with Crippen molar-refractivity contribution < 1.29 is 14.3 Å². The number of anilines is 2. The quantitative estimate of drug-likeness (QED) is 0.457. The second-order valence-corrected chi connectivity index (χ2v) is 9.06. The lowest BCUT2D eigenvalue weighted by atomic mass is 10.0. The van der Waals surface area contributed by atoms with Crippen molar-refractivity contribution >= 4 is 40.0 Å². The van der Waals surface area contributed by atoms with Gasteiger partial charge in [-0.1, -0.05) is 45.0 Å². The molecule has 3 aromatic rings. The average Bonchev–Trinajstić information content (AvgIpc) is 3.28. The molecule has 0 spiro atoms. The smallest absolute Gasteiger partial charge is 0.265 e. The number of hydrogen-bond donors (Lipinski definition) is 1. The van der Waals surface area contributed by atoms with Crippen LogP contribution in [0.2, 0.25) is 0 Å². The zero-order chi connectivity index (χ0) is 23.4. The van der Waals surface area contributed by atoms with Gasteiger partial charge in [0.2, 0.25) is 5.91 Å². The van der Waals surface area contributed by atoms with Gasteiger partial charge in [-0.05, 0) is 47.7 Å². The first-order chi connectivity index (χ1) is 15.9. The summed E-state index contributed by atoms with van der Waals surface area (Å²) < 4.78 is 5.57. The zero-order valence-corrected chi connectivity index (χ0v) is 19.8. The van der Waals surface area contributed by atoms with Crippen LogP contribution in [0.1, 0.15) is 44.2 Å². The molecule has 1 N–H and O–H groups in total. The molecule has 0 atom stereocenters. The monoisotopic (exact) mass is 461 g/mol. The highest BCUT2D eigenvalue weighted by atomic mass is 32.1. The van der Waals surface area contributed by atoms with E-state index in [-0.39, 0.29) is 18.4 Å². The zero-order valence-electron chi connectivity index (χ0n) is 19.0. The highest BCUT2D eigenvalue weighted by Crippen LogP contribution is 2.36. The van der Waals surface area contributed by atoms with Gasteiger partial charge in [-0.15, -0.1) is 11.3 Å². The molecule has 0 saturated carbocycles. The number of hydrogen-bond acceptors (Lipinski definition) is 5. The molecule has 0 bridgehead atoms. The molecule has 4 rings (SSSR count). The first kappa shape index (κ1) is 22.7. The van der Waals surface area contributed by atoms with Gasteiger partial charge in [0.25, 0.3) is 5.91 Å². The molecule has 2 amide bonds. The van der Waals surface area contributed by atoms with Gasteiger partial charge in [0, 0.05) is 23.6 Å². The predicted octanol–water partition coefficient (Wildman–Crippen LogP) is 5.72. The van der Waals surface area contributed by atoms with E-state index in [2.05, 4.69) is 36.3 Å². The summed E-state index contributed by atoms with van der Waals surface area (Å²) in [6.45, 7) is 7.05. The molecule has 33 heavy (non-hydrogen) atoms. The molecule has 0 unspecified atom stereocenters. The van der Waals surface area contributed by atoms with E-state index in [1.807, 2.05) is 42.6 Å². The third kappa shape index (κ3) is 5.31. The Bertz CT molecular complexity index is 1180. The number of nitrogens with zero attached hydrogens (tertiary/aromatic N) is 2. The Balaban J connectivity index is 1.45. The van der Waals surface area contributed by atoms with Crippen LogP contribution in [-0.2, 0) is 9.59 Å². The van der Waals surface area contributed by atoms with Crippen molar-refractivity contribution in [1.29, 1.82) is 0 Å². The summed E-state index contributed by atoms with van der Waals surface area (Å²) in [5.74, 6) is 0.895. The summed E-state index contributed by atoms with van der Waals surface area (Å²) in [5.41, 5.74) is 4.60. The van der Waals surface area contributed by atoms with Gasteiger partial charge in [-0.25, -0.2) is 4.98 Å². The van der Waals surface area contributed by atoms with Crippen molar-refractivity contribution in [2.45, 2.75) is 33.1 Å². The molecule has 1 aliphatic heterocycles. The van der Waals surface area contributed by atoms with Gasteiger partial charge < -0.3 is 9.64 Å². The molecule has 0 aliphatic carbocycles. The maximum Gasteiger partial charge on any atom is 0.265 e. The summed E-state index contributed by atoms with van der Waals surface area (Å²) >= 11 is 1.36. The van der Waals surface area contributed by atoms with Crippen LogP contribution in [0.3, 0.4) is 0 Å². The lowest BCUT2D eigenvalue weighted by molar-refractivity contribution is -0.121. The summed E-state index contributed by atoms with van der Waals surface area (Å²) in [6.07, 6.45) is 4.16. The number of carbonyl (C=O) groups excluding carboxylic acids is 2. The van der Waals surface area contributed by atoms with E-state index < -0.39 is 0 Å². The molecule has 0 fully saturated rings. The molecule has 7 heteroatoms. The third-order valence-electron chi connectivity index (χ3n) is 5.41. The second kappa shape index (κ2) is 10.0. The van der Waals surface area contributed by atoms with E-state index in [0.717, 1.165) is 28.9 Å². The molecule has 1 aliphatic rings. The summed E-state index contributed by atoms with van der Waals surface area (Å²) in [5, 5.41) is 5.23. The van der Waals surface area contributed by atoms with E-state index in [9.17, 15) is 9.59 Å². The van der Waals surface area contributed by atoms with E-state index in [0.29, 0.717) is 23.3 Å². The lowest BCUT2D eigenvalue weighted by Gasteiger charge is -2.29. The SMILES string of the molecule is CCCN1C(=O)COc2ccc(-c3csc(NC(=O)/C=C/c4ccc(C(C)C)cc4)n3)cc21. The number of rotatable bonds is 7. The Morgan fingerprint density at radius 3 is 2.76 bits per heavy atom. The molecule has 2 aromatic carbocycles. The summed E-state index contributed by atoms with van der Waals surface area (Å²) in [4.78, 5) is 30.9. The fraction of sp³-hybridized carbons (Fsp3) is 0.269. The van der Waals surface area contributed by atoms with Crippen LogP contribution in [0, 0.1) is 0 Å². The standard InChI is InChI=1S/C26H27N3O3S/c1-4-13-29-22-14-20(10-11-23(22)32-15-25(29)31)21-16-33-26(27-21)28-24(30)12-7-18-5-8-19(9-6-18)17(2)3/h5-12,14,16-17H,4,13,15H2,1-3H3,(H,27,28,30)/b12-7+. The van der Waals surface area contributed by atoms with Gasteiger partial charge in [0.1, 0.15) is 5.75 Å². The molecule has 1 aromatic heterocycles. The van der Waals surface area contributed by atoms with Gasteiger partial charge in [0.05, 0.1) is 11.4 Å². The molecule has 6 nitrogen and oxygen atoms in total. The topological polar surface area (TPSA) is 71.5 Å². The number of fused-ring (bicyclic) bond motifs is 1. The fourth-order valence-electron chi connectivity index (χ4n) is 3.60. The van der Waals surface area contributed by atoms with Gasteiger partial charge in [-0.3, -0.25) is 14.9 Å². The fourth-order valence-corrected chi connectivity index (χ4v) is 4.33. The van der Waals surface area contributed by atoms with E-state index in [4.69, 9.17) is 4.74 Å². The van der Waals surface area contributed by atoms with Gasteiger partial charge in [-0.2, -0.15) is 0 Å². The largest absolute Gasteiger partial charge is 0.482 e. The van der Waals surface area contributed by atoms with Crippen molar-refractivity contribution in [3.63, 3.8) is 0 Å². The summed E-state index contributed by atoms with van der Waals surface area (Å²) in [6, 6.07) is 13.9. The minimum Gasteiger partial charge on any atom is -0.482 e. The number of ether oxygens (including phenoxy) is 1. The first-order valence-corrected chi connectivity index (χ1v) is 11.9. The number of amides is 2. The van der Waals surface area contributed by atoms with Crippen molar-refractivity contribution in [1.82, 2.24) is 4.98 Å². The lowest BCUT2D eigenvalue weighted by Crippen LogP contribution is -2.39. The van der Waals surface area contributed by atoms with Crippen LogP contribution >= 0.6 is 11.3 Å². The minimum atomic E-state index is -0.234. The Morgan fingerprint density at radius 1 is 1.24 bits per heavy atom. The second-order valence-electron chi connectivity index (χ2n) is 8.20. The normalized spacial score (nSPS) is 13.3. The third-order valence-corrected chi connectivity index (χ3v) is 6.17. The van der Waals surface area contributed by atoms with Crippen molar-refractivity contribution in [2.24, 2.45) is 0 Å². The van der Waals surface area contributed by atoms with Crippen LogP contribution < -0.4 is 15.0 Å². The number of carbonyl (C=O) groups is 2. The van der Waals surface area contributed by atoms with Crippen LogP contribution in [-0.4, -0.2) is 29.9 Å². The average molecular weight is 462 g/mol. The first-order valence-electron chi connectivity index (χ1n) is 11.1. The van der Waals surface area contributed by atoms with Gasteiger partial charge >= 0.3 is 0 Å². The highest BCUT2D eigenvalue weighted by molar-refractivity contribution is 7.14. The molecule has 170 valence electrons. The number of aromatic nitrogens is 1. The minimum absolute atomic E-state index is 0.0432. The van der Waals surface area contributed by atoms with Crippen LogP contribution in [0.4, 0.5) is 10.8 Å². The maximum absolute atomic E-state index is 12.4. The highest BCUT2D eigenvalue weighted by Gasteiger charge is 2.25. The Labute approximate surface area is 197 Å². The van der Waals surface area contributed by atoms with E-state index in [1.54, 1.807) is 11.0 Å². The Kier molecular flexibility index (Phi) is 6.89. The predicted molar refractivity (Wildman–Crippen MR) is 134 cm³/mol. The van der Waals surface area contributed by atoms with E-state index in [1.165, 1.54) is 23.0 Å². The molecular weight excluding hydrogens is 434 g/mol. The van der Waals surface area contributed by atoms with Crippen molar-refractivity contribution in [3.05, 3.63) is 65.0 Å². The molecular formula is C26H27N3O3S. The van der Waals surface area contributed by atoms with Crippen LogP contribution in [0.15, 0.2) is 53.9 Å². The van der Waals surface area contributed by atoms with Gasteiger partial charge in [0.15, 0.2) is 11.7 Å². The molecule has 0 saturated heterocycles. The van der Waals surface area contributed by atoms with E-state index >= 15 is 0 Å². The molecule has 0 radical (unpaired) electrons. The van der Waals surface area contributed by atoms with Crippen molar-refractivity contribution in [3.8, 4) is 17.0 Å². The van der Waals surface area contributed by atoms with Crippen LogP contribution in [0.25, 0.3) is 17.3 Å². The summed E-state index contributed by atoms with van der Waals surface area (Å²) in [7, 11) is 0. The number of nitrogens with one attached hydrogen (secondary N) is 1. The number of thiazole rings is 1. The van der Waals surface area contributed by atoms with Crippen molar-refractivity contribution in [2.75, 3.05) is 23.4 Å². The number of benzene rings is 2.